The van der Waals surface area contributed by atoms with E-state index in [0.717, 1.165) is 32.6 Å². The minimum Gasteiger partial charge on any atom is -0.320 e. The average molecular weight is 372 g/mol. The van der Waals surface area contributed by atoms with Gasteiger partial charge in [0.2, 0.25) is 0 Å². The molecule has 118 valence electrons. The van der Waals surface area contributed by atoms with Gasteiger partial charge in [0.05, 0.1) is 5.69 Å². The summed E-state index contributed by atoms with van der Waals surface area (Å²) in [5.41, 5.74) is 5.15. The van der Waals surface area contributed by atoms with Crippen molar-refractivity contribution in [2.45, 2.75) is 27.2 Å². The van der Waals surface area contributed by atoms with Crippen LogP contribution in [0.15, 0.2) is 41.0 Å². The van der Waals surface area contributed by atoms with Crippen LogP contribution in [0.2, 0.25) is 0 Å². The van der Waals surface area contributed by atoms with E-state index in [1.165, 1.54) is 0 Å². The number of benzene rings is 1. The van der Waals surface area contributed by atoms with E-state index in [-0.39, 0.29) is 5.91 Å². The van der Waals surface area contributed by atoms with Crippen molar-refractivity contribution in [3.63, 3.8) is 0 Å². The maximum absolute atomic E-state index is 12.9. The third-order valence-electron chi connectivity index (χ3n) is 3.85. The summed E-state index contributed by atoms with van der Waals surface area (Å²) in [6, 6.07) is 9.86. The van der Waals surface area contributed by atoms with E-state index in [2.05, 4.69) is 26.2 Å². The predicted octanol–water partition coefficient (Wildman–Crippen LogP) is 4.53. The first-order chi connectivity index (χ1) is 11.0. The molecule has 0 unspecified atom stereocenters. The highest BCUT2D eigenvalue weighted by Crippen LogP contribution is 2.21. The molecule has 0 atom stereocenters. The quantitative estimate of drug-likeness (QED) is 0.734. The minimum atomic E-state index is -0.138. The molecule has 2 heterocycles. The zero-order chi connectivity index (χ0) is 16.6. The van der Waals surface area contributed by atoms with Crippen LogP contribution in [0.5, 0.6) is 0 Å². The second kappa shape index (κ2) is 6.16. The zero-order valence-corrected chi connectivity index (χ0v) is 14.9. The van der Waals surface area contributed by atoms with Gasteiger partial charge in [-0.25, -0.2) is 4.98 Å². The summed E-state index contributed by atoms with van der Waals surface area (Å²) < 4.78 is 2.74. The molecule has 5 heteroatoms. The Kier molecular flexibility index (Phi) is 4.22. The molecule has 0 saturated carbocycles. The van der Waals surface area contributed by atoms with Gasteiger partial charge in [-0.05, 0) is 65.5 Å². The summed E-state index contributed by atoms with van der Waals surface area (Å²) in [5.74, 6) is -0.138. The van der Waals surface area contributed by atoms with Crippen LogP contribution in [0.1, 0.15) is 34.2 Å². The number of halogens is 1. The van der Waals surface area contributed by atoms with Gasteiger partial charge in [-0.3, -0.25) is 9.20 Å². The summed E-state index contributed by atoms with van der Waals surface area (Å²) in [7, 11) is 0. The summed E-state index contributed by atoms with van der Waals surface area (Å²) in [4.78, 5) is 17.4. The lowest BCUT2D eigenvalue weighted by atomic mass is 10.1. The first kappa shape index (κ1) is 15.7. The largest absolute Gasteiger partial charge is 0.320 e. The van der Waals surface area contributed by atoms with Crippen molar-refractivity contribution >= 4 is 33.2 Å². The molecule has 0 aliphatic heterocycles. The van der Waals surface area contributed by atoms with Gasteiger partial charge in [-0.2, -0.15) is 0 Å². The van der Waals surface area contributed by atoms with Gasteiger partial charge in [0.1, 0.15) is 11.3 Å². The zero-order valence-electron chi connectivity index (χ0n) is 13.4. The highest BCUT2D eigenvalue weighted by atomic mass is 79.9. The number of carbonyl (C=O) groups is 1. The van der Waals surface area contributed by atoms with Gasteiger partial charge in [0, 0.05) is 16.4 Å². The van der Waals surface area contributed by atoms with Crippen molar-refractivity contribution in [2.24, 2.45) is 0 Å². The second-order valence-corrected chi connectivity index (χ2v) is 6.52. The highest BCUT2D eigenvalue weighted by molar-refractivity contribution is 9.10. The first-order valence-corrected chi connectivity index (χ1v) is 8.34. The maximum atomic E-state index is 12.9. The number of nitrogens with zero attached hydrogens (tertiary/aromatic N) is 2. The van der Waals surface area contributed by atoms with Gasteiger partial charge in [-0.1, -0.05) is 19.1 Å². The molecule has 0 spiro atoms. The fraction of sp³-hybridized carbons (Fsp3) is 0.222. The second-order valence-electron chi connectivity index (χ2n) is 5.61. The van der Waals surface area contributed by atoms with Gasteiger partial charge >= 0.3 is 0 Å². The number of rotatable bonds is 3. The van der Waals surface area contributed by atoms with Crippen molar-refractivity contribution in [1.29, 1.82) is 0 Å². The number of imidazole rings is 1. The molecule has 2 aromatic heterocycles. The van der Waals surface area contributed by atoms with E-state index < -0.39 is 0 Å². The molecule has 0 bridgehead atoms. The van der Waals surface area contributed by atoms with Crippen LogP contribution < -0.4 is 5.32 Å². The number of fused-ring (bicyclic) bond motifs is 1. The molecule has 0 aliphatic rings. The van der Waals surface area contributed by atoms with Crippen LogP contribution in [-0.2, 0) is 6.42 Å². The van der Waals surface area contributed by atoms with E-state index >= 15 is 0 Å². The van der Waals surface area contributed by atoms with Crippen molar-refractivity contribution in [2.75, 3.05) is 5.32 Å². The lowest BCUT2D eigenvalue weighted by Crippen LogP contribution is -2.17. The Morgan fingerprint density at radius 3 is 2.78 bits per heavy atom. The monoisotopic (exact) mass is 371 g/mol. The summed E-state index contributed by atoms with van der Waals surface area (Å²) in [6.45, 7) is 6.00. The van der Waals surface area contributed by atoms with Gasteiger partial charge in [0.15, 0.2) is 0 Å². The number of aromatic nitrogens is 2. The van der Waals surface area contributed by atoms with E-state index in [1.807, 2.05) is 61.7 Å². The van der Waals surface area contributed by atoms with Crippen LogP contribution in [0, 0.1) is 13.8 Å². The van der Waals surface area contributed by atoms with E-state index in [0.29, 0.717) is 12.1 Å². The van der Waals surface area contributed by atoms with Crippen molar-refractivity contribution < 1.29 is 4.79 Å². The van der Waals surface area contributed by atoms with Gasteiger partial charge < -0.3 is 5.32 Å². The molecular weight excluding hydrogens is 354 g/mol. The van der Waals surface area contributed by atoms with Crippen LogP contribution in [0.25, 0.3) is 5.65 Å². The summed E-state index contributed by atoms with van der Waals surface area (Å²) in [6.07, 6.45) is 2.58. The Labute approximate surface area is 143 Å². The third kappa shape index (κ3) is 3.01. The standard InChI is InChI=1S/C18H18BrN3O/c1-4-14-17(22-10-13(19)7-8-16(22)20-14)18(23)21-15-9-11(2)5-6-12(15)3/h5-10H,4H2,1-3H3,(H,21,23). The number of nitrogens with one attached hydrogen (secondary N) is 1. The lowest BCUT2D eigenvalue weighted by molar-refractivity contribution is 0.102. The number of anilines is 1. The molecule has 0 fully saturated rings. The van der Waals surface area contributed by atoms with E-state index in [9.17, 15) is 4.79 Å². The number of amides is 1. The Morgan fingerprint density at radius 1 is 1.26 bits per heavy atom. The highest BCUT2D eigenvalue weighted by Gasteiger charge is 2.19. The Hall–Kier alpha value is -2.14. The average Bonchev–Trinajstić information content (AvgIpc) is 2.88. The smallest absolute Gasteiger partial charge is 0.274 e. The SMILES string of the molecule is CCc1nc2ccc(Br)cn2c1C(=O)Nc1cc(C)ccc1C. The van der Waals surface area contributed by atoms with E-state index in [1.54, 1.807) is 0 Å². The van der Waals surface area contributed by atoms with Crippen LogP contribution in [0.4, 0.5) is 5.69 Å². The molecule has 4 nitrogen and oxygen atoms in total. The molecule has 1 N–H and O–H groups in total. The fourth-order valence-electron chi connectivity index (χ4n) is 2.61. The maximum Gasteiger partial charge on any atom is 0.274 e. The molecule has 0 radical (unpaired) electrons. The summed E-state index contributed by atoms with van der Waals surface area (Å²) >= 11 is 3.45. The Bertz CT molecular complexity index is 899. The first-order valence-electron chi connectivity index (χ1n) is 7.54. The molecule has 3 rings (SSSR count). The number of aryl methyl sites for hydroxylation is 3. The molecular formula is C18H18BrN3O. The van der Waals surface area contributed by atoms with Crippen LogP contribution in [0.3, 0.4) is 0 Å². The van der Waals surface area contributed by atoms with Gasteiger partial charge in [0.25, 0.3) is 5.91 Å². The van der Waals surface area contributed by atoms with Crippen LogP contribution in [-0.4, -0.2) is 15.3 Å². The van der Waals surface area contributed by atoms with Crippen LogP contribution >= 0.6 is 15.9 Å². The molecule has 23 heavy (non-hydrogen) atoms. The molecule has 1 amide bonds. The topological polar surface area (TPSA) is 46.4 Å². The third-order valence-corrected chi connectivity index (χ3v) is 4.31. The molecule has 1 aromatic carbocycles. The van der Waals surface area contributed by atoms with Crippen molar-refractivity contribution in [3.8, 4) is 0 Å². The van der Waals surface area contributed by atoms with Crippen molar-refractivity contribution in [1.82, 2.24) is 9.38 Å². The van der Waals surface area contributed by atoms with E-state index in [4.69, 9.17) is 0 Å². The Morgan fingerprint density at radius 2 is 2.04 bits per heavy atom. The Balaban J connectivity index is 2.06. The van der Waals surface area contributed by atoms with Crippen molar-refractivity contribution in [3.05, 3.63) is 63.5 Å². The van der Waals surface area contributed by atoms with Gasteiger partial charge in [-0.15, -0.1) is 0 Å². The minimum absolute atomic E-state index is 0.138. The molecule has 0 saturated heterocycles. The predicted molar refractivity (Wildman–Crippen MR) is 96.1 cm³/mol. The number of hydrogen-bond acceptors (Lipinski definition) is 2. The lowest BCUT2D eigenvalue weighted by Gasteiger charge is -2.10. The number of carbonyl (C=O) groups excluding carboxylic acids is 1. The normalized spacial score (nSPS) is 11.0. The summed E-state index contributed by atoms with van der Waals surface area (Å²) in [5, 5.41) is 3.02. The molecule has 0 aliphatic carbocycles. The fourth-order valence-corrected chi connectivity index (χ4v) is 2.94. The molecule has 3 aromatic rings. The number of pyridine rings is 1. The number of hydrogen-bond donors (Lipinski definition) is 1.